The second-order valence-electron chi connectivity index (χ2n) is 3.85. The Morgan fingerprint density at radius 3 is 2.94 bits per heavy atom. The van der Waals surface area contributed by atoms with Crippen LogP contribution in [0.2, 0.25) is 5.15 Å². The van der Waals surface area contributed by atoms with Crippen LogP contribution in [0, 0.1) is 11.8 Å². The topological polar surface area (TPSA) is 42.0 Å². The Labute approximate surface area is 113 Å². The molecule has 0 unspecified atom stereocenters. The van der Waals surface area contributed by atoms with Crippen LogP contribution in [0.3, 0.4) is 0 Å². The first kappa shape index (κ1) is 14.5. The quantitative estimate of drug-likeness (QED) is 0.505. The van der Waals surface area contributed by atoms with E-state index in [4.69, 9.17) is 11.6 Å². The average molecular weight is 265 g/mol. The molecule has 1 aromatic rings. The van der Waals surface area contributed by atoms with Gasteiger partial charge in [0.2, 0.25) is 0 Å². The van der Waals surface area contributed by atoms with Crippen LogP contribution in [-0.2, 0) is 6.42 Å². The first-order valence-corrected chi connectivity index (χ1v) is 6.39. The smallest absolute Gasteiger partial charge is 0.251 e. The molecule has 0 saturated carbocycles. The number of pyridine rings is 1. The lowest BCUT2D eigenvalue weighted by molar-refractivity contribution is 0.0954. The number of rotatable bonds is 5. The third kappa shape index (κ3) is 4.77. The molecule has 4 heteroatoms. The fraction of sp³-hybridized carbons (Fsp3) is 0.429. The average Bonchev–Trinajstić information content (AvgIpc) is 2.34. The number of nitrogens with zero attached hydrogens (tertiary/aromatic N) is 1. The number of carbonyl (C=O) groups excluding carboxylic acids is 1. The summed E-state index contributed by atoms with van der Waals surface area (Å²) in [4.78, 5) is 16.0. The standard InChI is InChI=1S/C14H17ClN2O/c1-3-5-6-8-16-14(18)11-9-12(7-4-2)17-13(15)10-11/h9-10H,4,6-8H2,1-2H3,(H,16,18). The van der Waals surface area contributed by atoms with E-state index in [9.17, 15) is 4.79 Å². The van der Waals surface area contributed by atoms with Crippen molar-refractivity contribution in [2.45, 2.75) is 33.1 Å². The first-order chi connectivity index (χ1) is 8.67. The van der Waals surface area contributed by atoms with Crippen LogP contribution >= 0.6 is 11.6 Å². The summed E-state index contributed by atoms with van der Waals surface area (Å²) in [6.07, 6.45) is 2.45. The van der Waals surface area contributed by atoms with E-state index in [1.54, 1.807) is 19.1 Å². The van der Waals surface area contributed by atoms with E-state index in [1.807, 2.05) is 0 Å². The van der Waals surface area contributed by atoms with Gasteiger partial charge in [-0.2, -0.15) is 0 Å². The summed E-state index contributed by atoms with van der Waals surface area (Å²) in [7, 11) is 0. The van der Waals surface area contributed by atoms with Crippen molar-refractivity contribution in [1.29, 1.82) is 0 Å². The first-order valence-electron chi connectivity index (χ1n) is 6.01. The van der Waals surface area contributed by atoms with Crippen molar-refractivity contribution >= 4 is 17.5 Å². The van der Waals surface area contributed by atoms with E-state index in [1.165, 1.54) is 0 Å². The normalized spacial score (nSPS) is 9.50. The van der Waals surface area contributed by atoms with E-state index in [-0.39, 0.29) is 5.91 Å². The second-order valence-corrected chi connectivity index (χ2v) is 4.24. The van der Waals surface area contributed by atoms with Crippen molar-refractivity contribution in [2.24, 2.45) is 0 Å². The van der Waals surface area contributed by atoms with E-state index in [0.717, 1.165) is 18.5 Å². The Morgan fingerprint density at radius 2 is 2.28 bits per heavy atom. The van der Waals surface area contributed by atoms with E-state index in [2.05, 4.69) is 29.1 Å². The van der Waals surface area contributed by atoms with Crippen molar-refractivity contribution in [1.82, 2.24) is 10.3 Å². The van der Waals surface area contributed by atoms with Gasteiger partial charge in [-0.3, -0.25) is 4.79 Å². The third-order valence-corrected chi connectivity index (χ3v) is 2.52. The zero-order valence-electron chi connectivity index (χ0n) is 10.7. The number of nitrogens with one attached hydrogen (secondary N) is 1. The Kier molecular flexibility index (Phi) is 6.24. The Bertz CT molecular complexity index is 474. The SMILES string of the molecule is CC#CCCNC(=O)c1cc(Cl)nc(CCC)c1. The number of amides is 1. The molecule has 0 fully saturated rings. The van der Waals surface area contributed by atoms with Gasteiger partial charge in [-0.05, 0) is 25.5 Å². The van der Waals surface area contributed by atoms with Crippen molar-refractivity contribution in [3.8, 4) is 11.8 Å². The molecule has 1 N–H and O–H groups in total. The van der Waals surface area contributed by atoms with E-state index < -0.39 is 0 Å². The van der Waals surface area contributed by atoms with Gasteiger partial charge in [0.25, 0.3) is 5.91 Å². The molecule has 0 spiro atoms. The minimum Gasteiger partial charge on any atom is -0.351 e. The minimum absolute atomic E-state index is 0.130. The molecule has 18 heavy (non-hydrogen) atoms. The fourth-order valence-electron chi connectivity index (χ4n) is 1.53. The lowest BCUT2D eigenvalue weighted by Crippen LogP contribution is -2.24. The maximum Gasteiger partial charge on any atom is 0.251 e. The van der Waals surface area contributed by atoms with Crippen LogP contribution in [0.5, 0.6) is 0 Å². The molecule has 0 aromatic carbocycles. The van der Waals surface area contributed by atoms with Gasteiger partial charge in [0.1, 0.15) is 5.15 Å². The molecule has 0 aliphatic heterocycles. The highest BCUT2D eigenvalue weighted by Crippen LogP contribution is 2.12. The van der Waals surface area contributed by atoms with E-state index >= 15 is 0 Å². The highest BCUT2D eigenvalue weighted by atomic mass is 35.5. The number of halogens is 1. The molecular formula is C14H17ClN2O. The van der Waals surface area contributed by atoms with Gasteiger partial charge in [0, 0.05) is 24.2 Å². The molecule has 1 aromatic heterocycles. The van der Waals surface area contributed by atoms with Crippen LogP contribution in [0.15, 0.2) is 12.1 Å². The largest absolute Gasteiger partial charge is 0.351 e. The predicted molar refractivity (Wildman–Crippen MR) is 73.6 cm³/mol. The number of carbonyl (C=O) groups is 1. The molecule has 0 saturated heterocycles. The second kappa shape index (κ2) is 7.73. The summed E-state index contributed by atoms with van der Waals surface area (Å²) in [6, 6.07) is 3.37. The molecule has 1 amide bonds. The van der Waals surface area contributed by atoms with Gasteiger partial charge in [0.15, 0.2) is 0 Å². The van der Waals surface area contributed by atoms with E-state index in [0.29, 0.717) is 23.7 Å². The molecule has 0 atom stereocenters. The summed E-state index contributed by atoms with van der Waals surface area (Å²) in [5.41, 5.74) is 1.41. The molecule has 3 nitrogen and oxygen atoms in total. The van der Waals surface area contributed by atoms with Crippen molar-refractivity contribution in [2.75, 3.05) is 6.54 Å². The number of aryl methyl sites for hydroxylation is 1. The molecule has 96 valence electrons. The Hall–Kier alpha value is -1.53. The van der Waals surface area contributed by atoms with Crippen LogP contribution in [-0.4, -0.2) is 17.4 Å². The molecule has 0 radical (unpaired) electrons. The zero-order valence-corrected chi connectivity index (χ0v) is 11.5. The van der Waals surface area contributed by atoms with Gasteiger partial charge in [-0.25, -0.2) is 4.98 Å². The lowest BCUT2D eigenvalue weighted by Gasteiger charge is -2.06. The maximum absolute atomic E-state index is 11.9. The molecular weight excluding hydrogens is 248 g/mol. The van der Waals surface area contributed by atoms with Crippen LogP contribution in [0.25, 0.3) is 0 Å². The van der Waals surface area contributed by atoms with Crippen LogP contribution < -0.4 is 5.32 Å². The number of hydrogen-bond acceptors (Lipinski definition) is 2. The summed E-state index contributed by atoms with van der Waals surface area (Å²) >= 11 is 5.90. The summed E-state index contributed by atoms with van der Waals surface area (Å²) in [5, 5.41) is 3.16. The van der Waals surface area contributed by atoms with Crippen molar-refractivity contribution in [3.63, 3.8) is 0 Å². The lowest BCUT2D eigenvalue weighted by atomic mass is 10.1. The molecule has 0 aliphatic rings. The Morgan fingerprint density at radius 1 is 1.50 bits per heavy atom. The molecule has 1 rings (SSSR count). The highest BCUT2D eigenvalue weighted by Gasteiger charge is 2.08. The zero-order chi connectivity index (χ0) is 13.4. The maximum atomic E-state index is 11.9. The summed E-state index contributed by atoms with van der Waals surface area (Å²) in [5.74, 6) is 5.55. The van der Waals surface area contributed by atoms with Gasteiger partial charge < -0.3 is 5.32 Å². The van der Waals surface area contributed by atoms with Gasteiger partial charge in [-0.15, -0.1) is 11.8 Å². The molecule has 0 aliphatic carbocycles. The van der Waals surface area contributed by atoms with Gasteiger partial charge >= 0.3 is 0 Å². The summed E-state index contributed by atoms with van der Waals surface area (Å²) in [6.45, 7) is 4.38. The summed E-state index contributed by atoms with van der Waals surface area (Å²) < 4.78 is 0. The third-order valence-electron chi connectivity index (χ3n) is 2.33. The van der Waals surface area contributed by atoms with Gasteiger partial charge in [0.05, 0.1) is 0 Å². The van der Waals surface area contributed by atoms with Crippen LogP contribution in [0.1, 0.15) is 42.7 Å². The molecule has 0 bridgehead atoms. The predicted octanol–water partition coefficient (Wildman–Crippen LogP) is 2.83. The Balaban J connectivity index is 2.68. The molecule has 1 heterocycles. The monoisotopic (exact) mass is 264 g/mol. The number of hydrogen-bond donors (Lipinski definition) is 1. The fourth-order valence-corrected chi connectivity index (χ4v) is 1.76. The number of aromatic nitrogens is 1. The van der Waals surface area contributed by atoms with Crippen LogP contribution in [0.4, 0.5) is 0 Å². The minimum atomic E-state index is -0.130. The van der Waals surface area contributed by atoms with Crippen molar-refractivity contribution in [3.05, 3.63) is 28.5 Å². The van der Waals surface area contributed by atoms with Crippen molar-refractivity contribution < 1.29 is 4.79 Å². The highest BCUT2D eigenvalue weighted by molar-refractivity contribution is 6.29. The van der Waals surface area contributed by atoms with Gasteiger partial charge in [-0.1, -0.05) is 24.9 Å².